The number of ether oxygens (including phenoxy) is 4. The summed E-state index contributed by atoms with van der Waals surface area (Å²) in [6, 6.07) is 1.66. The molecule has 0 spiro atoms. The van der Waals surface area contributed by atoms with Gasteiger partial charge in [0.15, 0.2) is 11.6 Å². The Labute approximate surface area is 253 Å². The minimum Gasteiger partial charge on any atom is -0.478 e. The van der Waals surface area contributed by atoms with Crippen molar-refractivity contribution >= 4 is 17.6 Å². The molecule has 0 aliphatic heterocycles. The Kier molecular flexibility index (Phi) is 10.5. The Morgan fingerprint density at radius 3 is 2.20 bits per heavy atom. The van der Waals surface area contributed by atoms with Crippen LogP contribution in [-0.2, 0) is 30.6 Å². The minimum absolute atomic E-state index is 0.0442. The fourth-order valence-electron chi connectivity index (χ4n) is 5.85. The standard InChI is InChI=1S/C31H38F4N2O7/c1-18-5-7-19(8-6-18)28(38)37(21(15-41-2)16-42-3)25-13-24(32)26(12-22(25)29(39)40)44-27-23(31(33,34)35)11-20(14-36-27)30(9-10-30)17-43-4/h11-14,18-19,21H,5-10,15-17H2,1-4H3,(H,39,40)/t18-,19-. The van der Waals surface area contributed by atoms with E-state index >= 15 is 4.39 Å². The highest BCUT2D eigenvalue weighted by Gasteiger charge is 2.47. The van der Waals surface area contributed by atoms with Crippen molar-refractivity contribution in [2.45, 2.75) is 63.1 Å². The van der Waals surface area contributed by atoms with Crippen molar-refractivity contribution in [3.8, 4) is 11.6 Å². The van der Waals surface area contributed by atoms with E-state index in [1.54, 1.807) is 0 Å². The Hall–Kier alpha value is -3.29. The summed E-state index contributed by atoms with van der Waals surface area (Å²) in [7, 11) is 4.26. The number of rotatable bonds is 13. The van der Waals surface area contributed by atoms with Gasteiger partial charge in [0.05, 0.1) is 37.1 Å². The van der Waals surface area contributed by atoms with Gasteiger partial charge in [0, 0.05) is 51.0 Å². The number of carbonyl (C=O) groups is 2. The molecular weight excluding hydrogens is 588 g/mol. The van der Waals surface area contributed by atoms with Gasteiger partial charge in [-0.25, -0.2) is 14.2 Å². The summed E-state index contributed by atoms with van der Waals surface area (Å²) in [4.78, 5) is 31.4. The number of hydrogen-bond donors (Lipinski definition) is 1. The molecule has 2 saturated carbocycles. The highest BCUT2D eigenvalue weighted by atomic mass is 19.4. The Morgan fingerprint density at radius 2 is 1.68 bits per heavy atom. The maximum absolute atomic E-state index is 15.7. The molecule has 1 heterocycles. The molecule has 2 aliphatic carbocycles. The summed E-state index contributed by atoms with van der Waals surface area (Å²) in [6.07, 6.45) is 0.327. The van der Waals surface area contributed by atoms with Crippen LogP contribution in [0.3, 0.4) is 0 Å². The van der Waals surface area contributed by atoms with Gasteiger partial charge in [-0.15, -0.1) is 0 Å². The summed E-state index contributed by atoms with van der Waals surface area (Å²) in [5, 5.41) is 10.1. The number of alkyl halides is 3. The molecular formula is C31H38F4N2O7. The summed E-state index contributed by atoms with van der Waals surface area (Å²) < 4.78 is 79.1. The maximum atomic E-state index is 15.7. The van der Waals surface area contributed by atoms with E-state index in [2.05, 4.69) is 11.9 Å². The monoisotopic (exact) mass is 626 g/mol. The van der Waals surface area contributed by atoms with Crippen molar-refractivity contribution in [1.29, 1.82) is 0 Å². The Balaban J connectivity index is 1.77. The topological polar surface area (TPSA) is 107 Å². The third kappa shape index (κ3) is 7.32. The van der Waals surface area contributed by atoms with Gasteiger partial charge >= 0.3 is 12.1 Å². The highest BCUT2D eigenvalue weighted by Crippen LogP contribution is 2.50. The van der Waals surface area contributed by atoms with Crippen molar-refractivity contribution in [2.75, 3.05) is 46.0 Å². The van der Waals surface area contributed by atoms with Gasteiger partial charge in [-0.1, -0.05) is 6.92 Å². The fraction of sp³-hybridized carbons (Fsp3) is 0.581. The normalized spacial score (nSPS) is 19.6. The molecule has 0 saturated heterocycles. The number of amides is 1. The molecule has 44 heavy (non-hydrogen) atoms. The lowest BCUT2D eigenvalue weighted by atomic mass is 9.82. The second-order valence-corrected chi connectivity index (χ2v) is 11.7. The van der Waals surface area contributed by atoms with Crippen LogP contribution in [0.5, 0.6) is 11.6 Å². The number of anilines is 1. The van der Waals surface area contributed by atoms with Crippen LogP contribution in [0.4, 0.5) is 23.2 Å². The van der Waals surface area contributed by atoms with E-state index < -0.39 is 64.0 Å². The Morgan fingerprint density at radius 1 is 1.05 bits per heavy atom. The first-order chi connectivity index (χ1) is 20.8. The first kappa shape index (κ1) is 33.6. The van der Waals surface area contributed by atoms with Crippen LogP contribution >= 0.6 is 0 Å². The van der Waals surface area contributed by atoms with Crippen molar-refractivity contribution in [2.24, 2.45) is 11.8 Å². The molecule has 4 rings (SSSR count). The molecule has 1 amide bonds. The molecule has 2 fully saturated rings. The molecule has 1 N–H and O–H groups in total. The van der Waals surface area contributed by atoms with Crippen molar-refractivity contribution in [1.82, 2.24) is 4.98 Å². The summed E-state index contributed by atoms with van der Waals surface area (Å²) in [6.45, 7) is 2.21. The summed E-state index contributed by atoms with van der Waals surface area (Å²) in [5.74, 6) is -4.85. The fourth-order valence-corrected chi connectivity index (χ4v) is 5.85. The largest absolute Gasteiger partial charge is 0.478 e. The molecule has 1 aromatic carbocycles. The van der Waals surface area contributed by atoms with Crippen molar-refractivity contribution in [3.05, 3.63) is 46.9 Å². The molecule has 13 heteroatoms. The van der Waals surface area contributed by atoms with E-state index in [1.807, 2.05) is 0 Å². The molecule has 1 aromatic heterocycles. The Bertz CT molecular complexity index is 1340. The van der Waals surface area contributed by atoms with Gasteiger partial charge in [0.2, 0.25) is 11.8 Å². The quantitative estimate of drug-likeness (QED) is 0.261. The number of aromatic nitrogens is 1. The van der Waals surface area contributed by atoms with Crippen LogP contribution in [-0.4, -0.2) is 69.2 Å². The van der Waals surface area contributed by atoms with Crippen LogP contribution in [0.1, 0.15) is 66.9 Å². The number of halogens is 4. The number of pyridine rings is 1. The number of aromatic carboxylic acids is 1. The van der Waals surface area contributed by atoms with E-state index in [9.17, 15) is 27.9 Å². The molecule has 9 nitrogen and oxygen atoms in total. The van der Waals surface area contributed by atoms with Gasteiger partial charge in [0.25, 0.3) is 0 Å². The van der Waals surface area contributed by atoms with Gasteiger partial charge in [0.1, 0.15) is 5.56 Å². The van der Waals surface area contributed by atoms with Gasteiger partial charge in [-0.05, 0) is 56.1 Å². The number of methoxy groups -OCH3 is 3. The first-order valence-corrected chi connectivity index (χ1v) is 14.5. The van der Waals surface area contributed by atoms with E-state index in [-0.39, 0.29) is 25.5 Å². The zero-order valence-corrected chi connectivity index (χ0v) is 25.2. The van der Waals surface area contributed by atoms with E-state index in [0.29, 0.717) is 37.2 Å². The smallest absolute Gasteiger partial charge is 0.421 e. The number of hydrogen-bond acceptors (Lipinski definition) is 7. The molecule has 0 atom stereocenters. The maximum Gasteiger partial charge on any atom is 0.421 e. The van der Waals surface area contributed by atoms with E-state index in [0.717, 1.165) is 31.0 Å². The highest BCUT2D eigenvalue weighted by molar-refractivity contribution is 6.03. The van der Waals surface area contributed by atoms with Crippen LogP contribution < -0.4 is 9.64 Å². The lowest BCUT2D eigenvalue weighted by Crippen LogP contribution is -2.49. The van der Waals surface area contributed by atoms with Gasteiger partial charge in [-0.2, -0.15) is 13.2 Å². The third-order valence-electron chi connectivity index (χ3n) is 8.48. The van der Waals surface area contributed by atoms with Crippen LogP contribution in [0.25, 0.3) is 0 Å². The second-order valence-electron chi connectivity index (χ2n) is 11.7. The minimum atomic E-state index is -4.90. The summed E-state index contributed by atoms with van der Waals surface area (Å²) in [5.41, 5.74) is -2.33. The zero-order valence-electron chi connectivity index (χ0n) is 25.2. The lowest BCUT2D eigenvalue weighted by molar-refractivity contribution is -0.139. The van der Waals surface area contributed by atoms with Crippen LogP contribution in [0.2, 0.25) is 0 Å². The SMILES string of the molecule is COCC(COC)N(c1cc(F)c(Oc2ncc(C3(COC)CC3)cc2C(F)(F)F)cc1C(=O)O)C(=O)[C@H]1CC[C@H](C)CC1. The summed E-state index contributed by atoms with van der Waals surface area (Å²) >= 11 is 0. The van der Waals surface area contributed by atoms with Gasteiger partial charge in [-0.3, -0.25) is 4.79 Å². The van der Waals surface area contributed by atoms with E-state index in [1.165, 1.54) is 32.4 Å². The first-order valence-electron chi connectivity index (χ1n) is 14.5. The third-order valence-corrected chi connectivity index (χ3v) is 8.48. The van der Waals surface area contributed by atoms with Crippen LogP contribution in [0.15, 0.2) is 24.4 Å². The average molecular weight is 627 g/mol. The molecule has 0 bridgehead atoms. The van der Waals surface area contributed by atoms with Crippen molar-refractivity contribution < 1.29 is 51.2 Å². The molecule has 242 valence electrons. The number of carboxylic acids is 1. The lowest BCUT2D eigenvalue weighted by Gasteiger charge is -2.36. The number of carbonyl (C=O) groups excluding carboxylic acids is 1. The van der Waals surface area contributed by atoms with Crippen molar-refractivity contribution in [3.63, 3.8) is 0 Å². The van der Waals surface area contributed by atoms with Gasteiger partial charge < -0.3 is 29.0 Å². The molecule has 0 unspecified atom stereocenters. The second kappa shape index (κ2) is 13.8. The average Bonchev–Trinajstić information content (AvgIpc) is 3.75. The molecule has 0 radical (unpaired) electrons. The number of carboxylic acid groups (broad SMARTS) is 1. The van der Waals surface area contributed by atoms with Crippen LogP contribution in [0, 0.1) is 17.7 Å². The molecule has 2 aromatic rings. The zero-order chi connectivity index (χ0) is 32.2. The predicted molar refractivity (Wildman–Crippen MR) is 152 cm³/mol. The number of benzene rings is 1. The number of nitrogens with zero attached hydrogens (tertiary/aromatic N) is 2. The predicted octanol–water partition coefficient (Wildman–Crippen LogP) is 6.23. The molecule has 2 aliphatic rings. The van der Waals surface area contributed by atoms with E-state index in [4.69, 9.17) is 18.9 Å².